The molecule has 30 heavy (non-hydrogen) atoms. The molecule has 2 amide bonds. The van der Waals surface area contributed by atoms with Crippen LogP contribution >= 0.6 is 0 Å². The normalized spacial score (nSPS) is 13.8. The molecule has 0 spiro atoms. The number of methoxy groups -OCH3 is 1. The first kappa shape index (κ1) is 19.5. The Morgan fingerprint density at radius 3 is 2.20 bits per heavy atom. The number of aryl methyl sites for hydroxylation is 2. The van der Waals surface area contributed by atoms with Gasteiger partial charge in [-0.1, -0.05) is 48.5 Å². The molecule has 1 aliphatic heterocycles. The van der Waals surface area contributed by atoms with Gasteiger partial charge in [0.1, 0.15) is 11.4 Å². The molecule has 1 N–H and O–H groups in total. The highest BCUT2D eigenvalue weighted by molar-refractivity contribution is 6.46. The van der Waals surface area contributed by atoms with E-state index in [1.54, 1.807) is 37.4 Å². The number of nitrogens with zero attached hydrogens (tertiary/aromatic N) is 1. The van der Waals surface area contributed by atoms with Crippen LogP contribution in [0.25, 0.3) is 5.57 Å². The number of ether oxygens (including phenoxy) is 1. The van der Waals surface area contributed by atoms with Gasteiger partial charge in [0, 0.05) is 0 Å². The predicted octanol–water partition coefficient (Wildman–Crippen LogP) is 4.71. The topological polar surface area (TPSA) is 58.6 Å². The first-order valence-corrected chi connectivity index (χ1v) is 9.67. The smallest absolute Gasteiger partial charge is 0.282 e. The van der Waals surface area contributed by atoms with Gasteiger partial charge in [0.05, 0.1) is 24.1 Å². The largest absolute Gasteiger partial charge is 0.495 e. The van der Waals surface area contributed by atoms with E-state index in [0.29, 0.717) is 28.3 Å². The fourth-order valence-electron chi connectivity index (χ4n) is 3.50. The second kappa shape index (κ2) is 7.87. The van der Waals surface area contributed by atoms with E-state index in [-0.39, 0.29) is 11.6 Å². The molecule has 1 heterocycles. The van der Waals surface area contributed by atoms with Crippen molar-refractivity contribution in [2.45, 2.75) is 13.8 Å². The van der Waals surface area contributed by atoms with Crippen molar-refractivity contribution in [3.05, 3.63) is 95.2 Å². The van der Waals surface area contributed by atoms with Gasteiger partial charge in [0.25, 0.3) is 11.8 Å². The maximum atomic E-state index is 13.4. The Kier molecular flexibility index (Phi) is 5.11. The van der Waals surface area contributed by atoms with Crippen molar-refractivity contribution in [3.63, 3.8) is 0 Å². The number of carbonyl (C=O) groups is 2. The lowest BCUT2D eigenvalue weighted by atomic mass is 9.99. The Morgan fingerprint density at radius 2 is 1.50 bits per heavy atom. The molecule has 0 saturated carbocycles. The van der Waals surface area contributed by atoms with Crippen molar-refractivity contribution >= 4 is 28.8 Å². The molecule has 150 valence electrons. The number of anilines is 2. The monoisotopic (exact) mass is 398 g/mol. The van der Waals surface area contributed by atoms with Crippen LogP contribution in [0.15, 0.2) is 78.5 Å². The molecule has 0 unspecified atom stereocenters. The van der Waals surface area contributed by atoms with Crippen molar-refractivity contribution in [2.24, 2.45) is 0 Å². The third-order valence-electron chi connectivity index (χ3n) is 5.26. The van der Waals surface area contributed by atoms with E-state index < -0.39 is 5.91 Å². The fraction of sp³-hybridized carbons (Fsp3) is 0.120. The molecule has 0 radical (unpaired) electrons. The lowest BCUT2D eigenvalue weighted by Crippen LogP contribution is -2.32. The zero-order valence-electron chi connectivity index (χ0n) is 17.1. The second-order valence-electron chi connectivity index (χ2n) is 7.16. The number of amides is 2. The van der Waals surface area contributed by atoms with Gasteiger partial charge >= 0.3 is 0 Å². The van der Waals surface area contributed by atoms with E-state index in [4.69, 9.17) is 4.74 Å². The van der Waals surface area contributed by atoms with Gasteiger partial charge < -0.3 is 10.1 Å². The summed E-state index contributed by atoms with van der Waals surface area (Å²) in [5.74, 6) is -0.167. The zero-order chi connectivity index (χ0) is 21.3. The Bertz CT molecular complexity index is 1170. The summed E-state index contributed by atoms with van der Waals surface area (Å²) in [5, 5.41) is 3.17. The van der Waals surface area contributed by atoms with E-state index in [1.165, 1.54) is 4.90 Å². The van der Waals surface area contributed by atoms with E-state index in [9.17, 15) is 9.59 Å². The van der Waals surface area contributed by atoms with Gasteiger partial charge in [-0.3, -0.25) is 9.59 Å². The molecule has 3 aromatic carbocycles. The van der Waals surface area contributed by atoms with Crippen molar-refractivity contribution in [1.29, 1.82) is 0 Å². The molecule has 0 atom stereocenters. The maximum absolute atomic E-state index is 13.4. The average molecular weight is 398 g/mol. The second-order valence-corrected chi connectivity index (χ2v) is 7.16. The van der Waals surface area contributed by atoms with Gasteiger partial charge in [-0.25, -0.2) is 4.90 Å². The summed E-state index contributed by atoms with van der Waals surface area (Å²) in [6, 6.07) is 22.0. The molecule has 3 aromatic rings. The number of para-hydroxylation sites is 3. The summed E-state index contributed by atoms with van der Waals surface area (Å²) < 4.78 is 5.41. The maximum Gasteiger partial charge on any atom is 0.282 e. The van der Waals surface area contributed by atoms with Gasteiger partial charge in [-0.2, -0.15) is 0 Å². The van der Waals surface area contributed by atoms with Crippen LogP contribution in [0, 0.1) is 13.8 Å². The molecule has 0 bridgehead atoms. The van der Waals surface area contributed by atoms with Crippen LogP contribution in [-0.2, 0) is 9.59 Å². The number of rotatable bonds is 5. The summed E-state index contributed by atoms with van der Waals surface area (Å²) in [4.78, 5) is 28.1. The number of carbonyl (C=O) groups excluding carboxylic acids is 2. The Balaban J connectivity index is 1.87. The van der Waals surface area contributed by atoms with E-state index >= 15 is 0 Å². The molecule has 5 nitrogen and oxygen atoms in total. The summed E-state index contributed by atoms with van der Waals surface area (Å²) in [6.45, 7) is 4.00. The molecular formula is C25H22N2O3. The highest BCUT2D eigenvalue weighted by atomic mass is 16.5. The Hall–Kier alpha value is -3.86. The van der Waals surface area contributed by atoms with Crippen LogP contribution in [0.2, 0.25) is 0 Å². The minimum absolute atomic E-state index is 0.233. The minimum Gasteiger partial charge on any atom is -0.495 e. The van der Waals surface area contributed by atoms with Crippen LogP contribution in [0.4, 0.5) is 11.4 Å². The SMILES string of the molecule is COc1ccccc1NC1=C(c2ccc(C)c(C)c2)C(=O)N(c2ccccc2)C1=O. The van der Waals surface area contributed by atoms with E-state index in [0.717, 1.165) is 11.1 Å². The van der Waals surface area contributed by atoms with Crippen molar-refractivity contribution < 1.29 is 14.3 Å². The third kappa shape index (κ3) is 3.35. The van der Waals surface area contributed by atoms with Crippen LogP contribution < -0.4 is 15.0 Å². The molecular weight excluding hydrogens is 376 g/mol. The minimum atomic E-state index is -0.398. The van der Waals surface area contributed by atoms with Crippen LogP contribution in [0.3, 0.4) is 0 Å². The molecule has 5 heteroatoms. The standard InChI is InChI=1S/C25H22N2O3/c1-16-13-14-18(15-17(16)2)22-23(26-20-11-7-8-12-21(20)30-3)25(29)27(24(22)28)19-9-5-4-6-10-19/h4-15,26H,1-3H3. The zero-order valence-corrected chi connectivity index (χ0v) is 17.1. The highest BCUT2D eigenvalue weighted by Gasteiger charge is 2.40. The number of hydrogen-bond donors (Lipinski definition) is 1. The number of hydrogen-bond acceptors (Lipinski definition) is 4. The molecule has 0 saturated heterocycles. The summed E-state index contributed by atoms with van der Waals surface area (Å²) >= 11 is 0. The predicted molar refractivity (Wildman–Crippen MR) is 118 cm³/mol. The van der Waals surface area contributed by atoms with E-state index in [1.807, 2.05) is 56.3 Å². The van der Waals surface area contributed by atoms with Gasteiger partial charge in [-0.05, 0) is 54.8 Å². The van der Waals surface area contributed by atoms with Crippen molar-refractivity contribution in [1.82, 2.24) is 0 Å². The lowest BCUT2D eigenvalue weighted by Gasteiger charge is -2.15. The first-order valence-electron chi connectivity index (χ1n) is 9.67. The van der Waals surface area contributed by atoms with Crippen LogP contribution in [0.1, 0.15) is 16.7 Å². The van der Waals surface area contributed by atoms with Crippen molar-refractivity contribution in [2.75, 3.05) is 17.3 Å². The van der Waals surface area contributed by atoms with Crippen molar-refractivity contribution in [3.8, 4) is 5.75 Å². The number of nitrogens with one attached hydrogen (secondary N) is 1. The molecule has 0 fully saturated rings. The molecule has 0 aliphatic carbocycles. The van der Waals surface area contributed by atoms with E-state index in [2.05, 4.69) is 5.32 Å². The Labute approximate surface area is 175 Å². The number of imide groups is 1. The van der Waals surface area contributed by atoms with Crippen LogP contribution in [0.5, 0.6) is 5.75 Å². The summed E-state index contributed by atoms with van der Waals surface area (Å²) in [6.07, 6.45) is 0. The molecule has 4 rings (SSSR count). The molecule has 0 aromatic heterocycles. The molecule has 1 aliphatic rings. The quantitative estimate of drug-likeness (QED) is 0.633. The summed E-state index contributed by atoms with van der Waals surface area (Å²) in [5.41, 5.74) is 4.60. The van der Waals surface area contributed by atoms with Gasteiger partial charge in [-0.15, -0.1) is 0 Å². The average Bonchev–Trinajstić information content (AvgIpc) is 3.00. The number of benzene rings is 3. The lowest BCUT2D eigenvalue weighted by molar-refractivity contribution is -0.120. The van der Waals surface area contributed by atoms with Crippen LogP contribution in [-0.4, -0.2) is 18.9 Å². The Morgan fingerprint density at radius 1 is 0.800 bits per heavy atom. The summed E-state index contributed by atoms with van der Waals surface area (Å²) in [7, 11) is 1.57. The fourth-order valence-corrected chi connectivity index (χ4v) is 3.50. The first-order chi connectivity index (χ1) is 14.5. The third-order valence-corrected chi connectivity index (χ3v) is 5.26. The highest BCUT2D eigenvalue weighted by Crippen LogP contribution is 2.35. The van der Waals surface area contributed by atoms with Gasteiger partial charge in [0.2, 0.25) is 0 Å². The van der Waals surface area contributed by atoms with Gasteiger partial charge in [0.15, 0.2) is 0 Å².